The molecule has 0 amide bonds. The average molecular weight is 811 g/mol. The van der Waals surface area contributed by atoms with E-state index >= 15 is 0 Å². The number of halogens is 2. The van der Waals surface area contributed by atoms with Crippen molar-refractivity contribution in [1.82, 2.24) is 0 Å². The number of hydrogen-bond donors (Lipinski definition) is 0. The Morgan fingerprint density at radius 1 is 0.538 bits per heavy atom. The molecule has 52 heavy (non-hydrogen) atoms. The molecule has 0 N–H and O–H groups in total. The Morgan fingerprint density at radius 2 is 0.904 bits per heavy atom. The summed E-state index contributed by atoms with van der Waals surface area (Å²) in [6, 6.07) is 33.6. The number of hydrogen-bond acceptors (Lipinski definition) is 0. The van der Waals surface area contributed by atoms with Gasteiger partial charge in [-0.2, -0.15) is 0 Å². The number of fused-ring (bicyclic) bond motifs is 2. The van der Waals surface area contributed by atoms with Crippen LogP contribution in [-0.2, 0) is 31.1 Å². The van der Waals surface area contributed by atoms with E-state index in [1.807, 2.05) is 0 Å². The summed E-state index contributed by atoms with van der Waals surface area (Å²) < 4.78 is 4.32. The molecule has 4 aromatic rings. The van der Waals surface area contributed by atoms with Crippen molar-refractivity contribution >= 4 is 12.2 Å². The molecule has 3 heteroatoms. The number of allylic oxidation sites excluding steroid dienone is 2. The van der Waals surface area contributed by atoms with Gasteiger partial charge in [0.1, 0.15) is 0 Å². The zero-order valence-electron chi connectivity index (χ0n) is 33.3. The van der Waals surface area contributed by atoms with E-state index < -0.39 is 20.3 Å². The normalized spacial score (nSPS) is 18.3. The molecule has 1 fully saturated rings. The van der Waals surface area contributed by atoms with Crippen molar-refractivity contribution in [2.45, 2.75) is 115 Å². The van der Waals surface area contributed by atoms with Crippen LogP contribution in [0.4, 0.5) is 0 Å². The molecule has 0 saturated carbocycles. The van der Waals surface area contributed by atoms with E-state index in [9.17, 15) is 0 Å². The second-order valence-electron chi connectivity index (χ2n) is 18.9. The van der Waals surface area contributed by atoms with E-state index in [4.69, 9.17) is 0 Å². The van der Waals surface area contributed by atoms with Crippen LogP contribution in [0.2, 0.25) is 8.26 Å². The molecule has 3 aliphatic rings. The zero-order chi connectivity index (χ0) is 35.6. The standard InChI is InChI=1S/2C23H27.C3H6.2ClH.Zr/c2*1-16(2)13-17-14-19-7-6-8-21(22(19)15-17)18-9-11-20(12-10-18)23(3,4)5;1-3-2;;;/h2*6-12,14-16H,13H2,1-5H3;1-3H2;2*1H;/q;;;;;+2/p-2. The molecule has 4 aromatic carbocycles. The molecule has 1 aliphatic heterocycles. The van der Waals surface area contributed by atoms with Crippen molar-refractivity contribution in [2.75, 3.05) is 0 Å². The zero-order valence-corrected chi connectivity index (χ0v) is 37.3. The Bertz CT molecular complexity index is 1800. The van der Waals surface area contributed by atoms with Gasteiger partial charge in [0.05, 0.1) is 0 Å². The molecule has 0 bridgehead atoms. The molecule has 7 rings (SSSR count). The van der Waals surface area contributed by atoms with E-state index in [1.165, 1.54) is 72.0 Å². The summed E-state index contributed by atoms with van der Waals surface area (Å²) in [5.41, 5.74) is 18.6. The Kier molecular flexibility index (Phi) is 12.2. The largest absolute Gasteiger partial charge is 1.00 e. The Labute approximate surface area is 333 Å². The second kappa shape index (κ2) is 15.5. The van der Waals surface area contributed by atoms with Crippen molar-refractivity contribution in [1.29, 1.82) is 0 Å². The van der Waals surface area contributed by atoms with Crippen LogP contribution in [0.1, 0.15) is 129 Å². The summed E-state index contributed by atoms with van der Waals surface area (Å²) in [4.78, 5) is 0. The molecular weight excluding hydrogens is 751 g/mol. The van der Waals surface area contributed by atoms with Crippen molar-refractivity contribution in [3.63, 3.8) is 0 Å². The summed E-state index contributed by atoms with van der Waals surface area (Å²) in [6.45, 7) is 23.6. The molecule has 0 nitrogen and oxygen atoms in total. The first kappa shape index (κ1) is 41.0. The summed E-state index contributed by atoms with van der Waals surface area (Å²) in [7, 11) is 0. The van der Waals surface area contributed by atoms with Crippen LogP contribution in [0, 0.1) is 11.8 Å². The first-order valence-electron chi connectivity index (χ1n) is 19.6. The first-order chi connectivity index (χ1) is 23.7. The SMILES string of the molecule is CC(C)CC1=Cc2c(-c3ccc(C(C)(C)C)cc3)cccc2[CH]1[Zr+2]1([CH]2C(CC(C)C)=Cc3c(-c4ccc(C(C)(C)C)cc4)cccc32)[CH2]C[CH2]1.[Cl-].[Cl-]. The van der Waals surface area contributed by atoms with Gasteiger partial charge in [-0.05, 0) is 0 Å². The molecule has 2 atom stereocenters. The van der Waals surface area contributed by atoms with Crippen LogP contribution in [0.3, 0.4) is 0 Å². The first-order valence-corrected chi connectivity index (χ1v) is 25.9. The van der Waals surface area contributed by atoms with E-state index in [2.05, 4.69) is 166 Å². The monoisotopic (exact) mass is 808 g/mol. The van der Waals surface area contributed by atoms with Crippen LogP contribution in [-0.4, -0.2) is 0 Å². The van der Waals surface area contributed by atoms with Gasteiger partial charge in [0.2, 0.25) is 0 Å². The van der Waals surface area contributed by atoms with Crippen LogP contribution in [0.5, 0.6) is 0 Å². The third-order valence-corrected chi connectivity index (χ3v) is 27.5. The minimum atomic E-state index is -2.96. The van der Waals surface area contributed by atoms with Gasteiger partial charge in [0.25, 0.3) is 0 Å². The molecular formula is C49H60Cl2Zr. The average Bonchev–Trinajstić information content (AvgIpc) is 3.57. The van der Waals surface area contributed by atoms with E-state index in [0.717, 1.165) is 0 Å². The van der Waals surface area contributed by atoms with Crippen LogP contribution in [0.15, 0.2) is 96.1 Å². The Hall–Kier alpha value is -2.18. The fourth-order valence-electron chi connectivity index (χ4n) is 9.71. The van der Waals surface area contributed by atoms with Gasteiger partial charge in [-0.15, -0.1) is 0 Å². The molecule has 2 aliphatic carbocycles. The molecule has 1 heterocycles. The minimum Gasteiger partial charge on any atom is -1.00 e. The van der Waals surface area contributed by atoms with Gasteiger partial charge >= 0.3 is 311 Å². The molecule has 0 spiro atoms. The molecule has 0 aromatic heterocycles. The van der Waals surface area contributed by atoms with Gasteiger partial charge in [-0.1, -0.05) is 0 Å². The van der Waals surface area contributed by atoms with Gasteiger partial charge in [-0.3, -0.25) is 0 Å². The summed E-state index contributed by atoms with van der Waals surface area (Å²) >= 11 is -2.96. The molecule has 0 radical (unpaired) electrons. The van der Waals surface area contributed by atoms with Crippen molar-refractivity contribution in [3.05, 3.63) is 129 Å². The van der Waals surface area contributed by atoms with Crippen molar-refractivity contribution in [2.24, 2.45) is 11.8 Å². The summed E-state index contributed by atoms with van der Waals surface area (Å²) in [5, 5.41) is 0. The summed E-state index contributed by atoms with van der Waals surface area (Å²) in [5.74, 6) is 1.31. The van der Waals surface area contributed by atoms with Gasteiger partial charge in [0, 0.05) is 0 Å². The third kappa shape index (κ3) is 7.55. The van der Waals surface area contributed by atoms with Gasteiger partial charge < -0.3 is 24.8 Å². The van der Waals surface area contributed by atoms with Crippen LogP contribution in [0.25, 0.3) is 34.4 Å². The molecule has 1 saturated heterocycles. The second-order valence-corrected chi connectivity index (χ2v) is 30.2. The molecule has 274 valence electrons. The predicted octanol–water partition coefficient (Wildman–Crippen LogP) is 8.69. The van der Waals surface area contributed by atoms with E-state index in [-0.39, 0.29) is 35.6 Å². The smallest absolute Gasteiger partial charge is 1.00 e. The maximum absolute atomic E-state index is 2.96. The fraction of sp³-hybridized carbons (Fsp3) is 0.429. The Balaban J connectivity index is 0.00000261. The van der Waals surface area contributed by atoms with E-state index in [0.29, 0.717) is 19.1 Å². The fourth-order valence-corrected chi connectivity index (χ4v) is 25.2. The quantitative estimate of drug-likeness (QED) is 0.167. The maximum Gasteiger partial charge on any atom is -1.00 e. The van der Waals surface area contributed by atoms with Crippen LogP contribution >= 0.6 is 0 Å². The van der Waals surface area contributed by atoms with E-state index in [1.54, 1.807) is 22.3 Å². The van der Waals surface area contributed by atoms with Crippen molar-refractivity contribution < 1.29 is 45.1 Å². The minimum absolute atomic E-state index is 0. The molecule has 2 unspecified atom stereocenters. The third-order valence-electron chi connectivity index (χ3n) is 12.1. The van der Waals surface area contributed by atoms with Crippen LogP contribution < -0.4 is 24.8 Å². The number of benzene rings is 4. The maximum atomic E-state index is 2.69. The Morgan fingerprint density at radius 3 is 1.19 bits per heavy atom. The topological polar surface area (TPSA) is 0 Å². The predicted molar refractivity (Wildman–Crippen MR) is 216 cm³/mol. The summed E-state index contributed by atoms with van der Waals surface area (Å²) in [6.07, 6.45) is 9.23. The number of rotatable bonds is 8. The van der Waals surface area contributed by atoms with Crippen molar-refractivity contribution in [3.8, 4) is 22.3 Å². The van der Waals surface area contributed by atoms with Gasteiger partial charge in [0.15, 0.2) is 0 Å². The van der Waals surface area contributed by atoms with Gasteiger partial charge in [-0.25, -0.2) is 0 Å².